The standard InChI is InChI=1S/C28H32ClN5O3/c1-2-37-27(35)18-31-28(36)32-25-9-12-34(13-10-25)26-7-5-21(6-8-26)3-4-22-15-23(17-24(29)16-22)19-33-14-11-30-20-33/h3-8,11,14-17,20,25H,2,9-10,12-13,18-19H2,1H3,(H2,31,32,36). The number of imidazole rings is 1. The molecule has 2 amide bonds. The van der Waals surface area contributed by atoms with Crippen LogP contribution < -0.4 is 15.5 Å². The van der Waals surface area contributed by atoms with E-state index < -0.39 is 5.97 Å². The molecule has 0 atom stereocenters. The summed E-state index contributed by atoms with van der Waals surface area (Å²) in [5.41, 5.74) is 4.44. The van der Waals surface area contributed by atoms with Gasteiger partial charge < -0.3 is 24.8 Å². The maximum absolute atomic E-state index is 12.0. The fraction of sp³-hybridized carbons (Fsp3) is 0.321. The first-order valence-corrected chi connectivity index (χ1v) is 12.8. The lowest BCUT2D eigenvalue weighted by molar-refractivity contribution is -0.141. The number of amides is 2. The van der Waals surface area contributed by atoms with Crippen molar-refractivity contribution in [1.29, 1.82) is 0 Å². The van der Waals surface area contributed by atoms with Crippen LogP contribution in [0, 0.1) is 0 Å². The number of esters is 1. The fourth-order valence-electron chi connectivity index (χ4n) is 4.33. The third-order valence-electron chi connectivity index (χ3n) is 6.16. The number of hydrogen-bond acceptors (Lipinski definition) is 5. The molecule has 1 aromatic heterocycles. The number of aromatic nitrogens is 2. The van der Waals surface area contributed by atoms with Crippen molar-refractivity contribution in [3.8, 4) is 0 Å². The Hall–Kier alpha value is -3.78. The first kappa shape index (κ1) is 26.3. The highest BCUT2D eigenvalue weighted by molar-refractivity contribution is 6.30. The van der Waals surface area contributed by atoms with Crippen LogP contribution in [0.15, 0.2) is 61.2 Å². The molecule has 0 aliphatic carbocycles. The predicted octanol–water partition coefficient (Wildman–Crippen LogP) is 4.59. The topological polar surface area (TPSA) is 88.5 Å². The van der Waals surface area contributed by atoms with Crippen LogP contribution in [0.5, 0.6) is 0 Å². The Labute approximate surface area is 222 Å². The summed E-state index contributed by atoms with van der Waals surface area (Å²) in [5, 5.41) is 6.20. The number of benzene rings is 2. The molecule has 2 N–H and O–H groups in total. The molecule has 1 aliphatic rings. The molecule has 3 aromatic rings. The van der Waals surface area contributed by atoms with Crippen LogP contribution in [0.3, 0.4) is 0 Å². The number of halogens is 1. The molecule has 0 unspecified atom stereocenters. The van der Waals surface area contributed by atoms with E-state index in [1.807, 2.05) is 22.9 Å². The number of urea groups is 1. The zero-order valence-corrected chi connectivity index (χ0v) is 21.7. The average Bonchev–Trinajstić information content (AvgIpc) is 3.40. The Bertz CT molecular complexity index is 1200. The lowest BCUT2D eigenvalue weighted by Crippen LogP contribution is -2.48. The largest absolute Gasteiger partial charge is 0.465 e. The molecular formula is C28H32ClN5O3. The number of carbonyl (C=O) groups is 2. The van der Waals surface area contributed by atoms with E-state index >= 15 is 0 Å². The van der Waals surface area contributed by atoms with Crippen molar-refractivity contribution in [3.05, 3.63) is 82.9 Å². The SMILES string of the molecule is CCOC(=O)CNC(=O)NC1CCN(c2ccc(C=Cc3cc(Cl)cc(Cn4ccnc4)c3)cc2)CC1. The zero-order valence-electron chi connectivity index (χ0n) is 20.9. The summed E-state index contributed by atoms with van der Waals surface area (Å²) in [4.78, 5) is 29.8. The van der Waals surface area contributed by atoms with Crippen molar-refractivity contribution in [2.75, 3.05) is 31.1 Å². The Balaban J connectivity index is 1.26. The van der Waals surface area contributed by atoms with Crippen LogP contribution in [-0.2, 0) is 16.1 Å². The monoisotopic (exact) mass is 521 g/mol. The van der Waals surface area contributed by atoms with E-state index in [9.17, 15) is 9.59 Å². The number of nitrogens with one attached hydrogen (secondary N) is 2. The molecule has 0 bridgehead atoms. The molecule has 1 saturated heterocycles. The van der Waals surface area contributed by atoms with Crippen LogP contribution in [0.25, 0.3) is 12.2 Å². The predicted molar refractivity (Wildman–Crippen MR) is 147 cm³/mol. The van der Waals surface area contributed by atoms with E-state index in [4.69, 9.17) is 16.3 Å². The van der Waals surface area contributed by atoms with E-state index in [-0.39, 0.29) is 18.6 Å². The second kappa shape index (κ2) is 13.0. The van der Waals surface area contributed by atoms with Gasteiger partial charge >= 0.3 is 12.0 Å². The minimum absolute atomic E-state index is 0.0806. The van der Waals surface area contributed by atoms with E-state index in [0.29, 0.717) is 11.6 Å². The smallest absolute Gasteiger partial charge is 0.325 e. The van der Waals surface area contributed by atoms with Gasteiger partial charge in [-0.25, -0.2) is 9.78 Å². The van der Waals surface area contributed by atoms with E-state index in [1.54, 1.807) is 19.4 Å². The molecule has 37 heavy (non-hydrogen) atoms. The fourth-order valence-corrected chi connectivity index (χ4v) is 4.59. The number of ether oxygens (including phenoxy) is 1. The summed E-state index contributed by atoms with van der Waals surface area (Å²) >= 11 is 6.35. The zero-order chi connectivity index (χ0) is 26.0. The highest BCUT2D eigenvalue weighted by atomic mass is 35.5. The molecule has 1 fully saturated rings. The van der Waals surface area contributed by atoms with Gasteiger partial charge in [0.25, 0.3) is 0 Å². The molecule has 2 aromatic carbocycles. The Morgan fingerprint density at radius 3 is 2.57 bits per heavy atom. The van der Waals surface area contributed by atoms with Crippen molar-refractivity contribution >= 4 is 41.4 Å². The highest BCUT2D eigenvalue weighted by Crippen LogP contribution is 2.22. The number of carbonyl (C=O) groups excluding carboxylic acids is 2. The van der Waals surface area contributed by atoms with Gasteiger partial charge in [-0.3, -0.25) is 4.79 Å². The van der Waals surface area contributed by atoms with E-state index in [2.05, 4.69) is 63.0 Å². The summed E-state index contributed by atoms with van der Waals surface area (Å²) in [6, 6.07) is 14.3. The molecule has 0 radical (unpaired) electrons. The maximum Gasteiger partial charge on any atom is 0.325 e. The van der Waals surface area contributed by atoms with Crippen LogP contribution >= 0.6 is 11.6 Å². The maximum atomic E-state index is 12.0. The van der Waals surface area contributed by atoms with Gasteiger partial charge in [0.2, 0.25) is 0 Å². The van der Waals surface area contributed by atoms with E-state index in [1.165, 1.54) is 0 Å². The molecule has 0 saturated carbocycles. The van der Waals surface area contributed by atoms with Gasteiger partial charge in [-0.2, -0.15) is 0 Å². The lowest BCUT2D eigenvalue weighted by atomic mass is 10.0. The number of piperidine rings is 1. The molecule has 2 heterocycles. The molecule has 194 valence electrons. The van der Waals surface area contributed by atoms with Gasteiger partial charge in [0.15, 0.2) is 0 Å². The van der Waals surface area contributed by atoms with Gasteiger partial charge in [0.1, 0.15) is 6.54 Å². The molecule has 8 nitrogen and oxygen atoms in total. The Morgan fingerprint density at radius 2 is 1.86 bits per heavy atom. The average molecular weight is 522 g/mol. The summed E-state index contributed by atoms with van der Waals surface area (Å²) in [6.45, 7) is 4.33. The van der Waals surface area contributed by atoms with Gasteiger partial charge in [0, 0.05) is 48.8 Å². The summed E-state index contributed by atoms with van der Waals surface area (Å²) in [5.74, 6) is -0.436. The second-order valence-electron chi connectivity index (χ2n) is 8.95. The van der Waals surface area contributed by atoms with Gasteiger partial charge in [-0.05, 0) is 66.8 Å². The van der Waals surface area contributed by atoms with Crippen LogP contribution in [0.2, 0.25) is 5.02 Å². The summed E-state index contributed by atoms with van der Waals surface area (Å²) < 4.78 is 6.83. The van der Waals surface area contributed by atoms with Crippen molar-refractivity contribution in [2.45, 2.75) is 32.4 Å². The second-order valence-corrected chi connectivity index (χ2v) is 9.38. The van der Waals surface area contributed by atoms with Crippen molar-refractivity contribution < 1.29 is 14.3 Å². The van der Waals surface area contributed by atoms with Gasteiger partial charge in [-0.15, -0.1) is 0 Å². The lowest BCUT2D eigenvalue weighted by Gasteiger charge is -2.34. The molecule has 4 rings (SSSR count). The van der Waals surface area contributed by atoms with Crippen molar-refractivity contribution in [2.24, 2.45) is 0 Å². The Morgan fingerprint density at radius 1 is 1.11 bits per heavy atom. The molecule has 1 aliphatic heterocycles. The normalized spacial score (nSPS) is 14.1. The number of hydrogen-bond donors (Lipinski definition) is 2. The summed E-state index contributed by atoms with van der Waals surface area (Å²) in [6.07, 6.45) is 11.3. The molecule has 0 spiro atoms. The van der Waals surface area contributed by atoms with Crippen molar-refractivity contribution in [1.82, 2.24) is 20.2 Å². The highest BCUT2D eigenvalue weighted by Gasteiger charge is 2.21. The molecular weight excluding hydrogens is 490 g/mol. The first-order chi connectivity index (χ1) is 18.0. The third-order valence-corrected chi connectivity index (χ3v) is 6.38. The Kier molecular flexibility index (Phi) is 9.21. The minimum atomic E-state index is -0.436. The number of rotatable bonds is 9. The first-order valence-electron chi connectivity index (χ1n) is 12.5. The minimum Gasteiger partial charge on any atom is -0.465 e. The van der Waals surface area contributed by atoms with Crippen LogP contribution in [0.1, 0.15) is 36.5 Å². The molecule has 9 heteroatoms. The van der Waals surface area contributed by atoms with E-state index in [0.717, 1.165) is 54.9 Å². The number of anilines is 1. The van der Waals surface area contributed by atoms with Gasteiger partial charge in [0.05, 0.1) is 12.9 Å². The van der Waals surface area contributed by atoms with Gasteiger partial charge in [-0.1, -0.05) is 35.9 Å². The van der Waals surface area contributed by atoms with Crippen LogP contribution in [0.4, 0.5) is 10.5 Å². The van der Waals surface area contributed by atoms with Crippen molar-refractivity contribution in [3.63, 3.8) is 0 Å². The third kappa shape index (κ3) is 8.11. The van der Waals surface area contributed by atoms with Crippen LogP contribution in [-0.4, -0.2) is 53.8 Å². The number of nitrogens with zero attached hydrogens (tertiary/aromatic N) is 3. The quantitative estimate of drug-likeness (QED) is 0.318. The summed E-state index contributed by atoms with van der Waals surface area (Å²) in [7, 11) is 0.